The first-order valence-electron chi connectivity index (χ1n) is 7.17. The predicted octanol–water partition coefficient (Wildman–Crippen LogP) is 0.698. The minimum absolute atomic E-state index is 0.101. The van der Waals surface area contributed by atoms with E-state index in [-0.39, 0.29) is 17.7 Å². The molecule has 2 atom stereocenters. The average Bonchev–Trinajstić information content (AvgIpc) is 2.98. The normalized spacial score (nSPS) is 32.0. The highest BCUT2D eigenvalue weighted by atomic mass is 16.4. The standard InChI is InChI=1S/C15H19NO4/c17-14(16-8-11-2-1-7-20-11)12-9-3-5-10(6-4-9)13(12)15(18)19/h1-2,7,9-10,12-13H,3-6,8H2,(H,16,17)(H,18,19)/p-1/t9?,10?,12-,13-/m0/s1. The molecule has 0 unspecified atom stereocenters. The van der Waals surface area contributed by atoms with E-state index in [9.17, 15) is 14.7 Å². The molecule has 1 aromatic rings. The van der Waals surface area contributed by atoms with E-state index in [1.165, 1.54) is 0 Å². The minimum Gasteiger partial charge on any atom is -0.550 e. The van der Waals surface area contributed by atoms with Crippen molar-refractivity contribution in [3.05, 3.63) is 24.2 Å². The largest absolute Gasteiger partial charge is 0.550 e. The Kier molecular flexibility index (Phi) is 3.51. The molecule has 0 saturated heterocycles. The van der Waals surface area contributed by atoms with Crippen LogP contribution in [0.3, 0.4) is 0 Å². The van der Waals surface area contributed by atoms with Gasteiger partial charge in [-0.25, -0.2) is 0 Å². The third-order valence-electron chi connectivity index (χ3n) is 4.81. The lowest BCUT2D eigenvalue weighted by Crippen LogP contribution is -2.54. The molecule has 20 heavy (non-hydrogen) atoms. The molecule has 0 aliphatic heterocycles. The van der Waals surface area contributed by atoms with Crippen LogP contribution in [-0.4, -0.2) is 11.9 Å². The van der Waals surface area contributed by atoms with E-state index >= 15 is 0 Å². The number of carboxylic acids is 1. The Morgan fingerprint density at radius 3 is 2.40 bits per heavy atom. The Bertz CT molecular complexity index is 488. The van der Waals surface area contributed by atoms with E-state index in [1.54, 1.807) is 18.4 Å². The number of rotatable bonds is 4. The summed E-state index contributed by atoms with van der Waals surface area (Å²) < 4.78 is 5.16. The molecule has 4 rings (SSSR count). The van der Waals surface area contributed by atoms with Crippen molar-refractivity contribution in [2.75, 3.05) is 0 Å². The number of amides is 1. The van der Waals surface area contributed by atoms with Crippen LogP contribution in [0.2, 0.25) is 0 Å². The van der Waals surface area contributed by atoms with Crippen molar-refractivity contribution in [2.24, 2.45) is 23.7 Å². The number of fused-ring (bicyclic) bond motifs is 3. The Morgan fingerprint density at radius 1 is 1.20 bits per heavy atom. The van der Waals surface area contributed by atoms with Gasteiger partial charge >= 0.3 is 0 Å². The van der Waals surface area contributed by atoms with E-state index in [4.69, 9.17) is 4.42 Å². The molecule has 0 aromatic carbocycles. The number of carbonyl (C=O) groups excluding carboxylic acids is 2. The summed E-state index contributed by atoms with van der Waals surface area (Å²) >= 11 is 0. The maximum absolute atomic E-state index is 12.4. The van der Waals surface area contributed by atoms with Crippen LogP contribution in [0.25, 0.3) is 0 Å². The first kappa shape index (κ1) is 13.2. The molecule has 3 saturated carbocycles. The summed E-state index contributed by atoms with van der Waals surface area (Å²) in [5, 5.41) is 14.2. The van der Waals surface area contributed by atoms with Gasteiger partial charge in [-0.3, -0.25) is 4.79 Å². The number of carbonyl (C=O) groups is 2. The van der Waals surface area contributed by atoms with E-state index in [2.05, 4.69) is 5.32 Å². The molecule has 5 nitrogen and oxygen atoms in total. The SMILES string of the molecule is O=C([O-])[C@H]1C2CCC(CC2)[C@@H]1C(=O)NCc1ccco1. The Balaban J connectivity index is 1.70. The Hall–Kier alpha value is -1.78. The van der Waals surface area contributed by atoms with Crippen LogP contribution in [0.5, 0.6) is 0 Å². The highest BCUT2D eigenvalue weighted by Crippen LogP contribution is 2.48. The molecule has 2 bridgehead atoms. The first-order valence-corrected chi connectivity index (χ1v) is 7.17. The van der Waals surface area contributed by atoms with Gasteiger partial charge in [0.1, 0.15) is 5.76 Å². The third kappa shape index (κ3) is 2.32. The van der Waals surface area contributed by atoms with Gasteiger partial charge in [-0.05, 0) is 49.7 Å². The van der Waals surface area contributed by atoms with Crippen molar-refractivity contribution < 1.29 is 19.1 Å². The lowest BCUT2D eigenvalue weighted by molar-refractivity contribution is -0.318. The molecular formula is C15H18NO4-. The lowest BCUT2D eigenvalue weighted by atomic mass is 9.58. The second-order valence-electron chi connectivity index (χ2n) is 5.84. The lowest BCUT2D eigenvalue weighted by Gasteiger charge is -2.48. The van der Waals surface area contributed by atoms with Crippen LogP contribution in [0.1, 0.15) is 31.4 Å². The molecule has 1 N–H and O–H groups in total. The number of nitrogens with one attached hydrogen (secondary N) is 1. The average molecular weight is 276 g/mol. The fourth-order valence-electron chi connectivity index (χ4n) is 3.87. The maximum Gasteiger partial charge on any atom is 0.224 e. The number of furan rings is 1. The second-order valence-corrected chi connectivity index (χ2v) is 5.84. The topological polar surface area (TPSA) is 82.4 Å². The molecule has 108 valence electrons. The fraction of sp³-hybridized carbons (Fsp3) is 0.600. The Morgan fingerprint density at radius 2 is 1.85 bits per heavy atom. The summed E-state index contributed by atoms with van der Waals surface area (Å²) in [6.45, 7) is 0.305. The van der Waals surface area contributed by atoms with Gasteiger partial charge in [0.05, 0.1) is 12.8 Å². The van der Waals surface area contributed by atoms with Gasteiger partial charge in [-0.1, -0.05) is 0 Å². The van der Waals surface area contributed by atoms with Gasteiger partial charge < -0.3 is 19.6 Å². The van der Waals surface area contributed by atoms with E-state index in [0.717, 1.165) is 25.7 Å². The zero-order chi connectivity index (χ0) is 14.1. The first-order chi connectivity index (χ1) is 9.66. The molecular weight excluding hydrogens is 258 g/mol. The number of hydrogen-bond donors (Lipinski definition) is 1. The van der Waals surface area contributed by atoms with Crippen molar-refractivity contribution in [3.63, 3.8) is 0 Å². The van der Waals surface area contributed by atoms with Crippen LogP contribution in [0.4, 0.5) is 0 Å². The summed E-state index contributed by atoms with van der Waals surface area (Å²) in [5.41, 5.74) is 0. The zero-order valence-electron chi connectivity index (χ0n) is 11.2. The number of aliphatic carboxylic acids is 1. The monoisotopic (exact) mass is 276 g/mol. The summed E-state index contributed by atoms with van der Waals surface area (Å²) in [7, 11) is 0. The fourth-order valence-corrected chi connectivity index (χ4v) is 3.87. The van der Waals surface area contributed by atoms with Gasteiger partial charge in [0.25, 0.3) is 0 Å². The van der Waals surface area contributed by atoms with Crippen molar-refractivity contribution in [1.82, 2.24) is 5.32 Å². The van der Waals surface area contributed by atoms with Gasteiger partial charge in [0.15, 0.2) is 0 Å². The number of hydrogen-bond acceptors (Lipinski definition) is 4. The quantitative estimate of drug-likeness (QED) is 0.877. The van der Waals surface area contributed by atoms with E-state index in [0.29, 0.717) is 12.3 Å². The summed E-state index contributed by atoms with van der Waals surface area (Å²) in [6, 6.07) is 3.54. The maximum atomic E-state index is 12.4. The predicted molar refractivity (Wildman–Crippen MR) is 68.0 cm³/mol. The smallest absolute Gasteiger partial charge is 0.224 e. The van der Waals surface area contributed by atoms with Crippen LogP contribution in [0, 0.1) is 23.7 Å². The second kappa shape index (κ2) is 5.31. The third-order valence-corrected chi connectivity index (χ3v) is 4.81. The van der Waals surface area contributed by atoms with Crippen LogP contribution in [0.15, 0.2) is 22.8 Å². The molecule has 1 heterocycles. The molecule has 1 aromatic heterocycles. The van der Waals surface area contributed by atoms with Crippen molar-refractivity contribution >= 4 is 11.9 Å². The van der Waals surface area contributed by atoms with Gasteiger partial charge in [-0.15, -0.1) is 0 Å². The molecule has 1 amide bonds. The molecule has 3 aliphatic carbocycles. The number of carboxylic acid groups (broad SMARTS) is 1. The summed E-state index contributed by atoms with van der Waals surface area (Å²) in [6.07, 6.45) is 5.27. The van der Waals surface area contributed by atoms with Crippen LogP contribution in [-0.2, 0) is 16.1 Å². The summed E-state index contributed by atoms with van der Waals surface area (Å²) in [4.78, 5) is 23.7. The van der Waals surface area contributed by atoms with Crippen molar-refractivity contribution in [1.29, 1.82) is 0 Å². The van der Waals surface area contributed by atoms with Crippen LogP contribution < -0.4 is 10.4 Å². The summed E-state index contributed by atoms with van der Waals surface area (Å²) in [5.74, 6) is -1.36. The van der Waals surface area contributed by atoms with E-state index < -0.39 is 17.8 Å². The highest BCUT2D eigenvalue weighted by molar-refractivity contribution is 5.85. The molecule has 3 fully saturated rings. The zero-order valence-corrected chi connectivity index (χ0v) is 11.2. The minimum atomic E-state index is -1.07. The molecule has 0 radical (unpaired) electrons. The van der Waals surface area contributed by atoms with Gasteiger partial charge in [0, 0.05) is 17.8 Å². The van der Waals surface area contributed by atoms with Crippen molar-refractivity contribution in [3.8, 4) is 0 Å². The highest BCUT2D eigenvalue weighted by Gasteiger charge is 2.47. The molecule has 3 aliphatic rings. The van der Waals surface area contributed by atoms with Crippen LogP contribution >= 0.6 is 0 Å². The van der Waals surface area contributed by atoms with Crippen molar-refractivity contribution in [2.45, 2.75) is 32.2 Å². The Labute approximate surface area is 117 Å². The molecule has 0 spiro atoms. The van der Waals surface area contributed by atoms with E-state index in [1.807, 2.05) is 0 Å². The molecule has 5 heteroatoms. The van der Waals surface area contributed by atoms with Gasteiger partial charge in [0.2, 0.25) is 5.91 Å². The van der Waals surface area contributed by atoms with Gasteiger partial charge in [-0.2, -0.15) is 0 Å².